The first-order valence-corrected chi connectivity index (χ1v) is 5.36. The second-order valence-electron chi connectivity index (χ2n) is 5.12. The molecule has 1 saturated carbocycles. The van der Waals surface area contributed by atoms with Gasteiger partial charge in [0.15, 0.2) is 0 Å². The molecule has 1 rings (SSSR count). The molecule has 0 saturated heterocycles. The largest absolute Gasteiger partial charge is 0.300 e. The maximum atomic E-state index is 3.78. The van der Waals surface area contributed by atoms with E-state index in [9.17, 15) is 0 Å². The highest BCUT2D eigenvalue weighted by Crippen LogP contribution is 2.36. The van der Waals surface area contributed by atoms with E-state index in [-0.39, 0.29) is 0 Å². The number of hydrogen-bond acceptors (Lipinski definition) is 1. The van der Waals surface area contributed by atoms with Gasteiger partial charge in [-0.3, -0.25) is 4.90 Å². The van der Waals surface area contributed by atoms with Crippen molar-refractivity contribution in [2.45, 2.75) is 45.6 Å². The fourth-order valence-corrected chi connectivity index (χ4v) is 2.18. The summed E-state index contributed by atoms with van der Waals surface area (Å²) in [6, 6.07) is 0.797. The summed E-state index contributed by atoms with van der Waals surface area (Å²) in [5.41, 5.74) is 0.589. The number of likely N-dealkylation sites (N-methyl/N-ethyl adjacent to an activating group) is 1. The van der Waals surface area contributed by atoms with Gasteiger partial charge in [0.1, 0.15) is 0 Å². The molecule has 1 fully saturated rings. The van der Waals surface area contributed by atoms with Gasteiger partial charge in [0, 0.05) is 12.6 Å². The number of nitrogens with zero attached hydrogens (tertiary/aromatic N) is 1. The molecule has 0 amide bonds. The van der Waals surface area contributed by atoms with Crippen molar-refractivity contribution in [3.8, 4) is 0 Å². The van der Waals surface area contributed by atoms with Crippen molar-refractivity contribution in [2.24, 2.45) is 5.41 Å². The predicted octanol–water partition coefficient (Wildman–Crippen LogP) is 3.07. The summed E-state index contributed by atoms with van der Waals surface area (Å²) < 4.78 is 0. The molecule has 0 aromatic heterocycles. The van der Waals surface area contributed by atoms with Gasteiger partial charge < -0.3 is 0 Å². The second-order valence-corrected chi connectivity index (χ2v) is 5.12. The van der Waals surface area contributed by atoms with Gasteiger partial charge in [-0.15, -0.1) is 6.58 Å². The van der Waals surface area contributed by atoms with Gasteiger partial charge in [0.2, 0.25) is 0 Å². The summed E-state index contributed by atoms with van der Waals surface area (Å²) in [5.74, 6) is 0. The van der Waals surface area contributed by atoms with Crippen molar-refractivity contribution in [3.63, 3.8) is 0 Å². The van der Waals surface area contributed by atoms with Crippen LogP contribution < -0.4 is 0 Å². The minimum absolute atomic E-state index is 0.589. The van der Waals surface area contributed by atoms with Gasteiger partial charge in [0.25, 0.3) is 0 Å². The van der Waals surface area contributed by atoms with Crippen molar-refractivity contribution in [3.05, 3.63) is 12.7 Å². The first-order chi connectivity index (χ1) is 6.05. The van der Waals surface area contributed by atoms with Crippen LogP contribution >= 0.6 is 0 Å². The van der Waals surface area contributed by atoms with Crippen molar-refractivity contribution in [1.82, 2.24) is 4.90 Å². The highest BCUT2D eigenvalue weighted by molar-refractivity contribution is 4.85. The number of rotatable bonds is 3. The molecule has 1 aliphatic rings. The Bertz CT molecular complexity index is 162. The van der Waals surface area contributed by atoms with E-state index in [4.69, 9.17) is 0 Å². The molecule has 0 spiro atoms. The van der Waals surface area contributed by atoms with Gasteiger partial charge >= 0.3 is 0 Å². The molecule has 0 aromatic carbocycles. The predicted molar refractivity (Wildman–Crippen MR) is 58.9 cm³/mol. The normalized spacial score (nSPS) is 23.4. The Morgan fingerprint density at radius 3 is 2.38 bits per heavy atom. The third-order valence-corrected chi connectivity index (χ3v) is 3.35. The maximum absolute atomic E-state index is 3.78. The molecule has 0 atom stereocenters. The fourth-order valence-electron chi connectivity index (χ4n) is 2.18. The minimum atomic E-state index is 0.589. The van der Waals surface area contributed by atoms with E-state index >= 15 is 0 Å². The van der Waals surface area contributed by atoms with E-state index in [2.05, 4.69) is 32.4 Å². The van der Waals surface area contributed by atoms with Gasteiger partial charge in [0.05, 0.1) is 0 Å². The monoisotopic (exact) mass is 181 g/mol. The lowest BCUT2D eigenvalue weighted by Gasteiger charge is -2.38. The zero-order valence-electron chi connectivity index (χ0n) is 9.34. The molecule has 0 heterocycles. The van der Waals surface area contributed by atoms with Crippen LogP contribution in [0.15, 0.2) is 12.7 Å². The van der Waals surface area contributed by atoms with Gasteiger partial charge in [-0.25, -0.2) is 0 Å². The summed E-state index contributed by atoms with van der Waals surface area (Å²) in [4.78, 5) is 2.43. The summed E-state index contributed by atoms with van der Waals surface area (Å²) >= 11 is 0. The molecule has 0 unspecified atom stereocenters. The molecule has 0 N–H and O–H groups in total. The van der Waals surface area contributed by atoms with Crippen LogP contribution in [-0.2, 0) is 0 Å². The SMILES string of the molecule is C=CCN(C)C1CCC(C)(C)CC1. The van der Waals surface area contributed by atoms with Crippen LogP contribution in [0.1, 0.15) is 39.5 Å². The first kappa shape index (κ1) is 10.8. The van der Waals surface area contributed by atoms with Crippen LogP contribution in [0.25, 0.3) is 0 Å². The Balaban J connectivity index is 2.36. The van der Waals surface area contributed by atoms with Crippen LogP contribution in [0, 0.1) is 5.41 Å². The van der Waals surface area contributed by atoms with Crippen molar-refractivity contribution in [1.29, 1.82) is 0 Å². The van der Waals surface area contributed by atoms with Gasteiger partial charge in [-0.1, -0.05) is 19.9 Å². The molecule has 13 heavy (non-hydrogen) atoms. The molecule has 0 aromatic rings. The lowest BCUT2D eigenvalue weighted by atomic mass is 9.75. The van der Waals surface area contributed by atoms with E-state index in [0.717, 1.165) is 12.6 Å². The molecule has 1 aliphatic carbocycles. The quantitative estimate of drug-likeness (QED) is 0.605. The average molecular weight is 181 g/mol. The average Bonchev–Trinajstić information content (AvgIpc) is 2.04. The fraction of sp³-hybridized carbons (Fsp3) is 0.833. The third-order valence-electron chi connectivity index (χ3n) is 3.35. The van der Waals surface area contributed by atoms with E-state index in [0.29, 0.717) is 5.41 Å². The number of hydrogen-bond donors (Lipinski definition) is 0. The summed E-state index contributed by atoms with van der Waals surface area (Å²) in [6.45, 7) is 9.59. The molecule has 1 heteroatoms. The van der Waals surface area contributed by atoms with E-state index in [1.807, 2.05) is 6.08 Å². The summed E-state index contributed by atoms with van der Waals surface area (Å²) in [7, 11) is 2.21. The van der Waals surface area contributed by atoms with Crippen LogP contribution in [0.5, 0.6) is 0 Å². The van der Waals surface area contributed by atoms with E-state index in [1.165, 1.54) is 25.7 Å². The highest BCUT2D eigenvalue weighted by Gasteiger charge is 2.28. The van der Waals surface area contributed by atoms with Crippen LogP contribution in [0.3, 0.4) is 0 Å². The standard InChI is InChI=1S/C12H23N/c1-5-10-13(4)11-6-8-12(2,3)9-7-11/h5,11H,1,6-10H2,2-4H3. The Hall–Kier alpha value is -0.300. The Morgan fingerprint density at radius 2 is 1.92 bits per heavy atom. The van der Waals surface area contributed by atoms with E-state index in [1.54, 1.807) is 0 Å². The minimum Gasteiger partial charge on any atom is -0.300 e. The molecule has 0 radical (unpaired) electrons. The van der Waals surface area contributed by atoms with E-state index < -0.39 is 0 Å². The third kappa shape index (κ3) is 3.15. The Labute approximate surface area is 82.8 Å². The highest BCUT2D eigenvalue weighted by atomic mass is 15.1. The van der Waals surface area contributed by atoms with Crippen molar-refractivity contribution in [2.75, 3.05) is 13.6 Å². The Kier molecular flexibility index (Phi) is 3.55. The Morgan fingerprint density at radius 1 is 1.38 bits per heavy atom. The van der Waals surface area contributed by atoms with Crippen LogP contribution in [0.4, 0.5) is 0 Å². The van der Waals surface area contributed by atoms with Gasteiger partial charge in [-0.05, 0) is 38.1 Å². The summed E-state index contributed by atoms with van der Waals surface area (Å²) in [5, 5.41) is 0. The van der Waals surface area contributed by atoms with Crippen LogP contribution in [0.2, 0.25) is 0 Å². The lowest BCUT2D eigenvalue weighted by molar-refractivity contribution is 0.136. The zero-order valence-corrected chi connectivity index (χ0v) is 9.34. The molecule has 0 aliphatic heterocycles. The molecule has 1 nitrogen and oxygen atoms in total. The molecular weight excluding hydrogens is 158 g/mol. The smallest absolute Gasteiger partial charge is 0.0160 e. The zero-order chi connectivity index (χ0) is 9.90. The molecule has 0 bridgehead atoms. The summed E-state index contributed by atoms with van der Waals surface area (Å²) in [6.07, 6.45) is 7.47. The topological polar surface area (TPSA) is 3.24 Å². The first-order valence-electron chi connectivity index (χ1n) is 5.36. The maximum Gasteiger partial charge on any atom is 0.0160 e. The molecule has 76 valence electrons. The van der Waals surface area contributed by atoms with Gasteiger partial charge in [-0.2, -0.15) is 0 Å². The molecular formula is C12H23N. The second kappa shape index (κ2) is 4.28. The van der Waals surface area contributed by atoms with Crippen molar-refractivity contribution >= 4 is 0 Å². The lowest BCUT2D eigenvalue weighted by Crippen LogP contribution is -2.37. The van der Waals surface area contributed by atoms with Crippen molar-refractivity contribution < 1.29 is 0 Å². The van der Waals surface area contributed by atoms with Crippen LogP contribution in [-0.4, -0.2) is 24.5 Å².